The van der Waals surface area contributed by atoms with E-state index in [-0.39, 0.29) is 40.5 Å². The van der Waals surface area contributed by atoms with Crippen LogP contribution in [-0.4, -0.2) is 43.8 Å². The van der Waals surface area contributed by atoms with Crippen LogP contribution in [0.3, 0.4) is 0 Å². The summed E-state index contributed by atoms with van der Waals surface area (Å²) in [5.41, 5.74) is 2.54. The van der Waals surface area contributed by atoms with E-state index in [1.54, 1.807) is 42.5 Å². The van der Waals surface area contributed by atoms with Gasteiger partial charge in [-0.1, -0.05) is 84.2 Å². The number of amides is 2. The van der Waals surface area contributed by atoms with Crippen molar-refractivity contribution in [2.24, 2.45) is 0 Å². The maximum absolute atomic E-state index is 14.5. The van der Waals surface area contributed by atoms with E-state index >= 15 is 0 Å². The van der Waals surface area contributed by atoms with Gasteiger partial charge in [-0.3, -0.25) is 13.9 Å². The minimum atomic E-state index is -4.35. The molecule has 0 aliphatic carbocycles. The molecule has 0 saturated heterocycles. The molecule has 4 rings (SSSR count). The van der Waals surface area contributed by atoms with Gasteiger partial charge in [-0.15, -0.1) is 0 Å². The molecule has 242 valence electrons. The van der Waals surface area contributed by atoms with E-state index in [2.05, 4.69) is 5.32 Å². The second-order valence-electron chi connectivity index (χ2n) is 11.1. The van der Waals surface area contributed by atoms with Crippen molar-refractivity contribution < 1.29 is 22.4 Å². The van der Waals surface area contributed by atoms with Crippen LogP contribution in [0.4, 0.5) is 10.1 Å². The zero-order valence-electron chi connectivity index (χ0n) is 25.8. The fraction of sp³-hybridized carbons (Fsp3) is 0.257. The van der Waals surface area contributed by atoms with Gasteiger partial charge in [0.15, 0.2) is 0 Å². The Bertz CT molecular complexity index is 1760. The number of nitrogens with one attached hydrogen (secondary N) is 1. The first-order valence-electron chi connectivity index (χ1n) is 14.8. The number of carbonyl (C=O) groups is 2. The van der Waals surface area contributed by atoms with Crippen molar-refractivity contribution in [1.29, 1.82) is 0 Å². The molecule has 0 saturated carbocycles. The molecule has 0 bridgehead atoms. The van der Waals surface area contributed by atoms with E-state index in [0.717, 1.165) is 39.7 Å². The van der Waals surface area contributed by atoms with Crippen LogP contribution in [0.15, 0.2) is 102 Å². The second kappa shape index (κ2) is 15.6. The van der Waals surface area contributed by atoms with Gasteiger partial charge in [0.1, 0.15) is 18.4 Å². The van der Waals surface area contributed by atoms with Crippen molar-refractivity contribution >= 4 is 50.7 Å². The molecule has 1 N–H and O–H groups in total. The highest BCUT2D eigenvalue weighted by Gasteiger charge is 2.35. The van der Waals surface area contributed by atoms with Gasteiger partial charge in [0.2, 0.25) is 11.8 Å². The smallest absolute Gasteiger partial charge is 0.264 e. The fourth-order valence-corrected chi connectivity index (χ4v) is 6.54. The Balaban J connectivity index is 1.82. The third-order valence-corrected chi connectivity index (χ3v) is 10.1. The quantitative estimate of drug-likeness (QED) is 0.162. The predicted molar refractivity (Wildman–Crippen MR) is 181 cm³/mol. The van der Waals surface area contributed by atoms with E-state index in [1.807, 2.05) is 51.1 Å². The Morgan fingerprint density at radius 3 is 2.13 bits per heavy atom. The molecule has 2 amide bonds. The van der Waals surface area contributed by atoms with Crippen LogP contribution >= 0.6 is 23.2 Å². The SMILES string of the molecule is CCC(C)NC(=O)C(Cc1ccccc1)N(Cc1ccc(Cl)c(Cl)c1)C(=O)CN(c1ccc(C)cc1)S(=O)(=O)c1ccc(F)cc1. The first-order valence-corrected chi connectivity index (χ1v) is 17.0. The number of hydrogen-bond donors (Lipinski definition) is 1. The molecule has 0 fully saturated rings. The van der Waals surface area contributed by atoms with Crippen LogP contribution in [0.5, 0.6) is 0 Å². The van der Waals surface area contributed by atoms with Crippen molar-refractivity contribution in [3.63, 3.8) is 0 Å². The number of nitrogens with zero attached hydrogens (tertiary/aromatic N) is 2. The average molecular weight is 685 g/mol. The van der Waals surface area contributed by atoms with Crippen LogP contribution in [0.2, 0.25) is 10.0 Å². The second-order valence-corrected chi connectivity index (χ2v) is 13.8. The van der Waals surface area contributed by atoms with Crippen molar-refractivity contribution in [2.45, 2.75) is 57.1 Å². The average Bonchev–Trinajstić information content (AvgIpc) is 3.04. The zero-order chi connectivity index (χ0) is 33.4. The number of anilines is 1. The number of rotatable bonds is 13. The molecule has 4 aromatic carbocycles. The van der Waals surface area contributed by atoms with E-state index in [9.17, 15) is 22.4 Å². The lowest BCUT2D eigenvalue weighted by Gasteiger charge is -2.34. The topological polar surface area (TPSA) is 86.8 Å². The Morgan fingerprint density at radius 1 is 0.870 bits per heavy atom. The number of aryl methyl sites for hydroxylation is 1. The molecule has 0 radical (unpaired) electrons. The van der Waals surface area contributed by atoms with Gasteiger partial charge in [-0.25, -0.2) is 12.8 Å². The molecule has 0 aliphatic rings. The van der Waals surface area contributed by atoms with Gasteiger partial charge in [0.05, 0.1) is 20.6 Å². The summed E-state index contributed by atoms with van der Waals surface area (Å²) in [7, 11) is -4.35. The van der Waals surface area contributed by atoms with E-state index < -0.39 is 34.3 Å². The predicted octanol–water partition coefficient (Wildman–Crippen LogP) is 7.19. The molecular formula is C35H36Cl2FN3O4S. The molecule has 11 heteroatoms. The summed E-state index contributed by atoms with van der Waals surface area (Å²) in [6.45, 7) is 4.98. The van der Waals surface area contributed by atoms with E-state index in [1.165, 1.54) is 4.90 Å². The molecule has 4 aromatic rings. The molecule has 7 nitrogen and oxygen atoms in total. The largest absolute Gasteiger partial charge is 0.352 e. The van der Waals surface area contributed by atoms with Gasteiger partial charge in [-0.05, 0) is 79.9 Å². The van der Waals surface area contributed by atoms with Crippen LogP contribution in [0.1, 0.15) is 37.0 Å². The highest BCUT2D eigenvalue weighted by molar-refractivity contribution is 7.92. The minimum Gasteiger partial charge on any atom is -0.352 e. The van der Waals surface area contributed by atoms with Crippen molar-refractivity contribution in [2.75, 3.05) is 10.8 Å². The molecule has 2 atom stereocenters. The maximum Gasteiger partial charge on any atom is 0.264 e. The number of halogens is 3. The first kappa shape index (κ1) is 34.9. The lowest BCUT2D eigenvalue weighted by molar-refractivity contribution is -0.140. The number of hydrogen-bond acceptors (Lipinski definition) is 4. The lowest BCUT2D eigenvalue weighted by atomic mass is 10.0. The molecule has 0 aromatic heterocycles. The summed E-state index contributed by atoms with van der Waals surface area (Å²) in [4.78, 5) is 29.6. The minimum absolute atomic E-state index is 0.0561. The summed E-state index contributed by atoms with van der Waals surface area (Å²) in [5.74, 6) is -1.60. The van der Waals surface area contributed by atoms with E-state index in [0.29, 0.717) is 17.0 Å². The molecule has 0 heterocycles. The third kappa shape index (κ3) is 8.87. The lowest BCUT2D eigenvalue weighted by Crippen LogP contribution is -2.54. The molecule has 0 aliphatic heterocycles. The van der Waals surface area contributed by atoms with Crippen LogP contribution < -0.4 is 9.62 Å². The number of carbonyl (C=O) groups excluding carboxylic acids is 2. The molecule has 2 unspecified atom stereocenters. The monoisotopic (exact) mass is 683 g/mol. The summed E-state index contributed by atoms with van der Waals surface area (Å²) >= 11 is 12.5. The van der Waals surface area contributed by atoms with Gasteiger partial charge in [0, 0.05) is 19.0 Å². The van der Waals surface area contributed by atoms with Gasteiger partial charge in [0.25, 0.3) is 10.0 Å². The Morgan fingerprint density at radius 2 is 1.52 bits per heavy atom. The zero-order valence-corrected chi connectivity index (χ0v) is 28.1. The highest BCUT2D eigenvalue weighted by Crippen LogP contribution is 2.27. The summed E-state index contributed by atoms with van der Waals surface area (Å²) in [6.07, 6.45) is 0.840. The van der Waals surface area contributed by atoms with Crippen molar-refractivity contribution in [1.82, 2.24) is 10.2 Å². The summed E-state index contributed by atoms with van der Waals surface area (Å²) in [5, 5.41) is 3.60. The molecule has 0 spiro atoms. The number of sulfonamides is 1. The van der Waals surface area contributed by atoms with Crippen molar-refractivity contribution in [3.05, 3.63) is 130 Å². The summed E-state index contributed by atoms with van der Waals surface area (Å²) < 4.78 is 42.8. The first-order chi connectivity index (χ1) is 21.9. The normalized spacial score (nSPS) is 12.7. The van der Waals surface area contributed by atoms with Crippen LogP contribution in [0, 0.1) is 12.7 Å². The van der Waals surface area contributed by atoms with Gasteiger partial charge < -0.3 is 10.2 Å². The Kier molecular flexibility index (Phi) is 11.8. The summed E-state index contributed by atoms with van der Waals surface area (Å²) in [6, 6.07) is 24.1. The Labute approximate surface area is 280 Å². The fourth-order valence-electron chi connectivity index (χ4n) is 4.80. The standard InChI is InChI=1S/C35H36Cl2FN3O4S/c1-4-25(3)39-35(43)33(21-26-8-6-5-7-9-26)40(22-27-12-19-31(36)32(37)20-27)34(42)23-41(29-15-10-24(2)11-16-29)46(44,45)30-17-13-28(38)14-18-30/h5-20,25,33H,4,21-23H2,1-3H3,(H,39,43). The number of benzene rings is 4. The van der Waals surface area contributed by atoms with Crippen LogP contribution in [-0.2, 0) is 32.6 Å². The van der Waals surface area contributed by atoms with E-state index in [4.69, 9.17) is 23.2 Å². The van der Waals surface area contributed by atoms with Gasteiger partial charge in [-0.2, -0.15) is 0 Å². The van der Waals surface area contributed by atoms with Crippen LogP contribution in [0.25, 0.3) is 0 Å². The molecule has 46 heavy (non-hydrogen) atoms. The highest BCUT2D eigenvalue weighted by atomic mass is 35.5. The maximum atomic E-state index is 14.5. The third-order valence-electron chi connectivity index (χ3n) is 7.61. The van der Waals surface area contributed by atoms with Gasteiger partial charge >= 0.3 is 0 Å². The Hall–Kier alpha value is -3.92. The van der Waals surface area contributed by atoms with Crippen molar-refractivity contribution in [3.8, 4) is 0 Å². The molecular weight excluding hydrogens is 648 g/mol.